The Balaban J connectivity index is 1.25. The quantitative estimate of drug-likeness (QED) is 0.0349. The minimum absolute atomic E-state index is 0.0149. The van der Waals surface area contributed by atoms with Gasteiger partial charge in [0.05, 0.1) is 25.3 Å². The number of amides is 15. The highest BCUT2D eigenvalue weighted by atomic mass is 32.2. The zero-order chi connectivity index (χ0) is 98.9. The van der Waals surface area contributed by atoms with Crippen molar-refractivity contribution < 1.29 is 102 Å². The van der Waals surface area contributed by atoms with Crippen LogP contribution in [0.3, 0.4) is 0 Å². The molecule has 1 fully saturated rings. The molecule has 0 spiro atoms. The predicted octanol–water partition coefficient (Wildman–Crippen LogP) is 3.68. The van der Waals surface area contributed by atoms with Crippen molar-refractivity contribution in [3.05, 3.63) is 203 Å². The predicted molar refractivity (Wildman–Crippen MR) is 506 cm³/mol. The number of hydrogen-bond donors (Lipinski definition) is 14. The number of fused-ring (bicyclic) bond motifs is 1. The van der Waals surface area contributed by atoms with Crippen LogP contribution < -0.4 is 53.6 Å². The molecule has 7 aromatic rings. The summed E-state index contributed by atoms with van der Waals surface area (Å²) in [6, 6.07) is 24.7. The van der Waals surface area contributed by atoms with E-state index < -0.39 is 229 Å². The van der Waals surface area contributed by atoms with Gasteiger partial charge in [-0.1, -0.05) is 181 Å². The number of carboxylic acid groups (broad SMARTS) is 2. The van der Waals surface area contributed by atoms with E-state index in [1.54, 1.807) is 142 Å². The second kappa shape index (κ2) is 52.0. The molecule has 36 nitrogen and oxygen atoms in total. The number of likely N-dealkylation sites (N-methyl/N-ethyl adjacent to an activating group) is 5. The molecule has 0 saturated carbocycles. The Morgan fingerprint density at radius 3 is 1.43 bits per heavy atom. The monoisotopic (exact) mass is 1900 g/mol. The summed E-state index contributed by atoms with van der Waals surface area (Å²) >= 11 is 2.12. The second-order valence-corrected chi connectivity index (χ2v) is 36.4. The Kier molecular flexibility index (Phi) is 41.1. The molecule has 38 heteroatoms. The lowest BCUT2D eigenvalue weighted by Gasteiger charge is -2.37. The van der Waals surface area contributed by atoms with E-state index in [9.17, 15) is 54.0 Å². The average Bonchev–Trinajstić information content (AvgIpc) is 1.69. The highest BCUT2D eigenvalue weighted by Gasteiger charge is 2.43. The summed E-state index contributed by atoms with van der Waals surface area (Å²) in [6.07, 6.45) is -3.12. The van der Waals surface area contributed by atoms with Crippen LogP contribution in [-0.2, 0) is 120 Å². The van der Waals surface area contributed by atoms with E-state index in [1.807, 2.05) is 13.0 Å². The number of benzene rings is 6. The zero-order valence-corrected chi connectivity index (χ0v) is 79.0. The fourth-order valence-corrected chi connectivity index (χ4v) is 17.5. The number of unbranched alkanes of at least 4 members (excludes halogenated alkanes) is 1. The van der Waals surface area contributed by atoms with Crippen molar-refractivity contribution in [2.24, 2.45) is 17.6 Å². The van der Waals surface area contributed by atoms with Gasteiger partial charge >= 0.3 is 11.9 Å². The molecule has 1 saturated heterocycles. The first-order valence-corrected chi connectivity index (χ1v) is 46.7. The van der Waals surface area contributed by atoms with E-state index in [0.29, 0.717) is 51.6 Å². The van der Waals surface area contributed by atoms with E-state index in [1.165, 1.54) is 95.1 Å². The standard InChI is InChI=1S/C97H123N15O21S2/c1-11-12-32-76-95(131)108(6)53-81(116)100-71(51-84(120)121)90(126)107-85(58(4)5)97(133)111(9)77(48-60-27-18-14-19-28-60)92(128)105-73(47-63-38-42-66(114)43-39-63)94(130)109(7)75(33-24-35-83(118)119)91(127)104-70(50-64-54-135-79-34-23-22-31-67(64)79)89(125)103-69(45-62-36-40-65(113)41-37-62)88(124)102-68(44-57(2)3)87(123)106-74(86(122)99-52-80(98)115)55-134-56-82(117)101-72(46-59-25-16-13-17-26-59)93(129)112(10)78(96(132)110(76)8)49-61-29-20-15-21-30-61/h13-23,25-31,34,36-43,54,57-58,68-78,85,113-114H,11-12,24,32-33,35,44-53,55-56H2,1-10H3,(H2,98,115)(H,99,122)(H,100,116)(H,101,117)(H,102,124)(H,103,125)(H,104,127)(H,105,128)(H,106,123)(H,107,126)(H,118,119)(H,120,121)/t68-,69+,70-,71-,72-,73-,74-,75-,76-,77-,78-,85-/m0/s1. The summed E-state index contributed by atoms with van der Waals surface area (Å²) in [5.41, 5.74) is 8.32. The first-order chi connectivity index (χ1) is 64.2. The maximum Gasteiger partial charge on any atom is 0.305 e. The van der Waals surface area contributed by atoms with E-state index >= 15 is 47.9 Å². The van der Waals surface area contributed by atoms with Crippen LogP contribution in [0.1, 0.15) is 119 Å². The van der Waals surface area contributed by atoms with Gasteiger partial charge in [0, 0.05) is 90.6 Å². The molecule has 1 aromatic heterocycles. The van der Waals surface area contributed by atoms with Crippen LogP contribution in [0, 0.1) is 11.8 Å². The summed E-state index contributed by atoms with van der Waals surface area (Å²) < 4.78 is 0.771. The number of thiophene rings is 1. The number of carbonyl (C=O) groups is 17. The number of aromatic hydroxyl groups is 2. The summed E-state index contributed by atoms with van der Waals surface area (Å²) in [7, 11) is 6.44. The molecule has 12 atom stereocenters. The molecule has 2 heterocycles. The van der Waals surface area contributed by atoms with Crippen molar-refractivity contribution >= 4 is 134 Å². The molecule has 1 aliphatic heterocycles. The third kappa shape index (κ3) is 32.5. The maximum absolute atomic E-state index is 15.9. The van der Waals surface area contributed by atoms with Gasteiger partial charge in [-0.05, 0) is 112 Å². The molecular formula is C97H123N15O21S2. The van der Waals surface area contributed by atoms with E-state index in [-0.39, 0.29) is 69.3 Å². The number of nitrogens with two attached hydrogens (primary N) is 1. The number of hydrogen-bond acceptors (Lipinski definition) is 21. The molecule has 8 rings (SSSR count). The average molecular weight is 1900 g/mol. The van der Waals surface area contributed by atoms with Gasteiger partial charge in [-0.3, -0.25) is 81.5 Å². The molecule has 1 aliphatic rings. The van der Waals surface area contributed by atoms with E-state index in [0.717, 1.165) is 41.0 Å². The Hall–Kier alpha value is -13.8. The normalized spacial score (nSPS) is 22.0. The first-order valence-electron chi connectivity index (χ1n) is 44.6. The van der Waals surface area contributed by atoms with Gasteiger partial charge in [-0.15, -0.1) is 23.1 Å². The van der Waals surface area contributed by atoms with Crippen molar-refractivity contribution in [3.8, 4) is 11.5 Å². The molecule has 724 valence electrons. The number of phenolic OH excluding ortho intramolecular Hbond substituents is 2. The van der Waals surface area contributed by atoms with Crippen molar-refractivity contribution in [2.45, 2.75) is 197 Å². The van der Waals surface area contributed by atoms with Crippen molar-refractivity contribution in [3.63, 3.8) is 0 Å². The summed E-state index contributed by atoms with van der Waals surface area (Å²) in [5.74, 6) is -19.5. The van der Waals surface area contributed by atoms with Crippen molar-refractivity contribution in [1.82, 2.24) is 72.4 Å². The Morgan fingerprint density at radius 2 is 0.889 bits per heavy atom. The number of nitrogens with one attached hydrogen (secondary N) is 9. The molecule has 135 heavy (non-hydrogen) atoms. The highest BCUT2D eigenvalue weighted by molar-refractivity contribution is 8.00. The van der Waals surface area contributed by atoms with Crippen LogP contribution in [0.2, 0.25) is 0 Å². The van der Waals surface area contributed by atoms with Crippen LogP contribution in [0.25, 0.3) is 10.1 Å². The van der Waals surface area contributed by atoms with Gasteiger partial charge in [0.25, 0.3) is 0 Å². The number of rotatable bonds is 27. The third-order valence-electron chi connectivity index (χ3n) is 23.2. The lowest BCUT2D eigenvalue weighted by Crippen LogP contribution is -2.62. The van der Waals surface area contributed by atoms with Crippen LogP contribution in [0.5, 0.6) is 11.5 Å². The van der Waals surface area contributed by atoms with Crippen LogP contribution in [0.4, 0.5) is 0 Å². The minimum atomic E-state index is -1.94. The lowest BCUT2D eigenvalue weighted by atomic mass is 9.97. The van der Waals surface area contributed by atoms with Gasteiger partial charge in [0.15, 0.2) is 0 Å². The van der Waals surface area contributed by atoms with Crippen LogP contribution in [0.15, 0.2) is 169 Å². The molecule has 6 aromatic carbocycles. The molecule has 15 N–H and O–H groups in total. The van der Waals surface area contributed by atoms with E-state index in [4.69, 9.17) is 5.73 Å². The smallest absolute Gasteiger partial charge is 0.305 e. The van der Waals surface area contributed by atoms with Crippen molar-refractivity contribution in [1.29, 1.82) is 0 Å². The second-order valence-electron chi connectivity index (χ2n) is 34.5. The van der Waals surface area contributed by atoms with Crippen molar-refractivity contribution in [2.75, 3.05) is 59.8 Å². The Morgan fingerprint density at radius 1 is 0.444 bits per heavy atom. The molecular weight excluding hydrogens is 1780 g/mol. The topological polar surface area (TPSA) is 522 Å². The minimum Gasteiger partial charge on any atom is -0.508 e. The molecule has 0 bridgehead atoms. The Labute approximate surface area is 792 Å². The molecule has 0 aliphatic carbocycles. The maximum atomic E-state index is 15.9. The van der Waals surface area contributed by atoms with Gasteiger partial charge in [-0.2, -0.15) is 0 Å². The van der Waals surface area contributed by atoms with E-state index in [2.05, 4.69) is 47.9 Å². The van der Waals surface area contributed by atoms with Crippen LogP contribution in [-0.4, -0.2) is 278 Å². The van der Waals surface area contributed by atoms with Gasteiger partial charge in [0.1, 0.15) is 84.0 Å². The summed E-state index contributed by atoms with van der Waals surface area (Å²) in [4.78, 5) is 256. The lowest BCUT2D eigenvalue weighted by molar-refractivity contribution is -0.151. The zero-order valence-electron chi connectivity index (χ0n) is 77.3. The number of phenols is 2. The van der Waals surface area contributed by atoms with Gasteiger partial charge in [0.2, 0.25) is 88.6 Å². The number of thioether (sulfide) groups is 1. The highest BCUT2D eigenvalue weighted by Crippen LogP contribution is 2.29. The number of primary amides is 1. The molecule has 0 radical (unpaired) electrons. The number of aliphatic carboxylic acids is 2. The fourth-order valence-electron chi connectivity index (χ4n) is 15.7. The fraction of sp³-hybridized carbons (Fsp3) is 0.433. The van der Waals surface area contributed by atoms with Crippen LogP contribution >= 0.6 is 23.1 Å². The van der Waals surface area contributed by atoms with Gasteiger partial charge < -0.3 is 98.5 Å². The first kappa shape index (κ1) is 107. The summed E-state index contributed by atoms with van der Waals surface area (Å²) in [6.45, 7) is 6.85. The largest absolute Gasteiger partial charge is 0.508 e. The third-order valence-corrected chi connectivity index (χ3v) is 25.2. The number of nitrogens with zero attached hydrogens (tertiary/aromatic N) is 5. The number of carbonyl (C=O) groups excluding carboxylic acids is 15. The molecule has 15 amide bonds. The Bertz CT molecular complexity index is 5290. The molecule has 0 unspecified atom stereocenters. The summed E-state index contributed by atoms with van der Waals surface area (Å²) in [5, 5.41) is 67.7. The number of carboxylic acids is 2. The SMILES string of the molecule is CCCC[C@H]1C(=O)N(C)CC(=O)N[C@@H](CC(=O)O)C(=O)N[C@@H](C(C)C)C(=O)N(C)[C@@H](Cc2ccccc2)C(=O)N[C@@H](Cc2ccc(O)cc2)C(=O)N(C)[C@@H](CCCC(=O)O)C(=O)N[C@@H](Cc2csc3ccccc23)C(=O)N[C@H](Cc2ccc(O)cc2)C(=O)N[C@@H](CC(C)C)C(=O)N[C@H](C(=O)NCC(N)=O)CSCC(=O)N[C@@H](Cc2ccccc2)C(=O)N(C)[C@@H](Cc2ccccc2)C(=O)N1C. The van der Waals surface area contributed by atoms with Gasteiger partial charge in [-0.25, -0.2) is 0 Å².